The Balaban J connectivity index is 0.00000289. The van der Waals surface area contributed by atoms with Crippen molar-refractivity contribution in [2.24, 2.45) is 5.73 Å². The summed E-state index contributed by atoms with van der Waals surface area (Å²) in [4.78, 5) is 2.31. The van der Waals surface area contributed by atoms with Gasteiger partial charge in [-0.2, -0.15) is 0 Å². The number of hydrogen-bond acceptors (Lipinski definition) is 3. The number of rotatable bonds is 5. The van der Waals surface area contributed by atoms with E-state index in [4.69, 9.17) is 5.73 Å². The van der Waals surface area contributed by atoms with Crippen molar-refractivity contribution < 1.29 is 5.11 Å². The van der Waals surface area contributed by atoms with Gasteiger partial charge in [-0.3, -0.25) is 4.90 Å². The van der Waals surface area contributed by atoms with Gasteiger partial charge in [-0.1, -0.05) is 19.1 Å². The summed E-state index contributed by atoms with van der Waals surface area (Å²) in [5, 5.41) is 9.51. The highest BCUT2D eigenvalue weighted by molar-refractivity contribution is 5.85. The number of likely N-dealkylation sites (N-methyl/N-ethyl adjacent to an activating group) is 1. The van der Waals surface area contributed by atoms with Crippen LogP contribution in [0.5, 0.6) is 5.75 Å². The molecule has 1 rings (SSSR count). The van der Waals surface area contributed by atoms with Crippen LogP contribution in [-0.4, -0.2) is 28.6 Å². The van der Waals surface area contributed by atoms with Crippen LogP contribution in [0, 0.1) is 0 Å². The molecular weight excluding hydrogens is 248 g/mol. The first-order chi connectivity index (χ1) is 7.83. The number of aromatic hydroxyl groups is 1. The quantitative estimate of drug-likeness (QED) is 0.867. The molecule has 0 radical (unpaired) electrons. The van der Waals surface area contributed by atoms with Crippen LogP contribution in [0.15, 0.2) is 24.3 Å². The molecule has 0 aliphatic carbocycles. The molecule has 1 aromatic rings. The molecule has 0 heterocycles. The van der Waals surface area contributed by atoms with E-state index in [2.05, 4.69) is 18.7 Å². The van der Waals surface area contributed by atoms with E-state index in [0.29, 0.717) is 5.75 Å². The fourth-order valence-corrected chi connectivity index (χ4v) is 2.04. The van der Waals surface area contributed by atoms with Crippen LogP contribution in [0.25, 0.3) is 0 Å². The molecular formula is C14H25ClN2O. The molecule has 3 N–H and O–H groups in total. The third kappa shape index (κ3) is 5.25. The summed E-state index contributed by atoms with van der Waals surface area (Å²) in [7, 11) is 0. The van der Waals surface area contributed by atoms with Crippen LogP contribution in [0.3, 0.4) is 0 Å². The van der Waals surface area contributed by atoms with Gasteiger partial charge >= 0.3 is 0 Å². The van der Waals surface area contributed by atoms with E-state index in [9.17, 15) is 5.11 Å². The molecule has 0 saturated heterocycles. The average Bonchev–Trinajstić information content (AvgIpc) is 2.23. The molecule has 104 valence electrons. The molecule has 18 heavy (non-hydrogen) atoms. The number of halogens is 1. The summed E-state index contributed by atoms with van der Waals surface area (Å²) in [6.07, 6.45) is 0. The third-order valence-electron chi connectivity index (χ3n) is 2.92. The fourth-order valence-electron chi connectivity index (χ4n) is 2.04. The molecule has 0 fully saturated rings. The molecule has 0 saturated carbocycles. The Morgan fingerprint density at radius 2 is 2.00 bits per heavy atom. The summed E-state index contributed by atoms with van der Waals surface area (Å²) in [5.41, 5.74) is 6.98. The Morgan fingerprint density at radius 1 is 1.39 bits per heavy atom. The fraction of sp³-hybridized carbons (Fsp3) is 0.571. The number of nitrogens with two attached hydrogens (primary N) is 1. The van der Waals surface area contributed by atoms with Crippen molar-refractivity contribution >= 4 is 12.4 Å². The minimum Gasteiger partial charge on any atom is -0.508 e. The molecule has 4 heteroatoms. The molecule has 0 aromatic heterocycles. The lowest BCUT2D eigenvalue weighted by Crippen LogP contribution is -2.46. The predicted molar refractivity (Wildman–Crippen MR) is 79.3 cm³/mol. The summed E-state index contributed by atoms with van der Waals surface area (Å²) in [5.74, 6) is 0.317. The first-order valence-electron chi connectivity index (χ1n) is 6.15. The van der Waals surface area contributed by atoms with Crippen molar-refractivity contribution in [3.8, 4) is 5.75 Å². The highest BCUT2D eigenvalue weighted by Crippen LogP contribution is 2.24. The standard InChI is InChI=1S/C14H24N2O.ClH/c1-5-16(10-14(3,4)15)11(2)12-7-6-8-13(17)9-12;/h6-9,11,17H,5,10,15H2,1-4H3;1H. The maximum atomic E-state index is 9.51. The molecule has 1 unspecified atom stereocenters. The Bertz CT molecular complexity index is 363. The topological polar surface area (TPSA) is 49.5 Å². The maximum Gasteiger partial charge on any atom is 0.115 e. The maximum absolute atomic E-state index is 9.51. The van der Waals surface area contributed by atoms with Crippen LogP contribution >= 0.6 is 12.4 Å². The van der Waals surface area contributed by atoms with E-state index < -0.39 is 0 Å². The Hall–Kier alpha value is -0.770. The summed E-state index contributed by atoms with van der Waals surface area (Å²) in [6, 6.07) is 7.69. The second kappa shape index (κ2) is 6.98. The SMILES string of the molecule is CCN(CC(C)(C)N)C(C)c1cccc(O)c1.Cl. The summed E-state index contributed by atoms with van der Waals surface area (Å²) in [6.45, 7) is 10.1. The first-order valence-corrected chi connectivity index (χ1v) is 6.15. The molecule has 1 aromatic carbocycles. The molecule has 0 aliphatic rings. The number of benzene rings is 1. The molecule has 0 amide bonds. The number of phenols is 1. The second-order valence-corrected chi connectivity index (χ2v) is 5.32. The molecule has 1 atom stereocenters. The Kier molecular flexibility index (Phi) is 6.68. The summed E-state index contributed by atoms with van der Waals surface area (Å²) < 4.78 is 0. The van der Waals surface area contributed by atoms with Crippen LogP contribution in [0.1, 0.15) is 39.3 Å². The second-order valence-electron chi connectivity index (χ2n) is 5.32. The van der Waals surface area contributed by atoms with Gasteiger partial charge in [-0.15, -0.1) is 12.4 Å². The van der Waals surface area contributed by atoms with Gasteiger partial charge in [0.15, 0.2) is 0 Å². The Morgan fingerprint density at radius 3 is 2.44 bits per heavy atom. The van der Waals surface area contributed by atoms with Gasteiger partial charge in [-0.25, -0.2) is 0 Å². The lowest BCUT2D eigenvalue weighted by molar-refractivity contribution is 0.182. The van der Waals surface area contributed by atoms with Gasteiger partial charge in [0.05, 0.1) is 0 Å². The highest BCUT2D eigenvalue weighted by atomic mass is 35.5. The zero-order valence-electron chi connectivity index (χ0n) is 11.7. The lowest BCUT2D eigenvalue weighted by Gasteiger charge is -2.33. The largest absolute Gasteiger partial charge is 0.508 e. The molecule has 0 bridgehead atoms. The van der Waals surface area contributed by atoms with Crippen molar-refractivity contribution in [3.05, 3.63) is 29.8 Å². The van der Waals surface area contributed by atoms with Crippen LogP contribution in [0.4, 0.5) is 0 Å². The average molecular weight is 273 g/mol. The summed E-state index contributed by atoms with van der Waals surface area (Å²) >= 11 is 0. The monoisotopic (exact) mass is 272 g/mol. The van der Waals surface area contributed by atoms with Gasteiger partial charge in [0.2, 0.25) is 0 Å². The predicted octanol–water partition coefficient (Wildman–Crippen LogP) is 2.93. The van der Waals surface area contributed by atoms with Gasteiger partial charge in [0.1, 0.15) is 5.75 Å². The zero-order valence-corrected chi connectivity index (χ0v) is 12.5. The molecule has 0 aliphatic heterocycles. The smallest absolute Gasteiger partial charge is 0.115 e. The van der Waals surface area contributed by atoms with Gasteiger partial charge < -0.3 is 10.8 Å². The van der Waals surface area contributed by atoms with Crippen molar-refractivity contribution in [1.29, 1.82) is 0 Å². The van der Waals surface area contributed by atoms with Crippen LogP contribution in [0.2, 0.25) is 0 Å². The van der Waals surface area contributed by atoms with Crippen molar-refractivity contribution in [3.63, 3.8) is 0 Å². The third-order valence-corrected chi connectivity index (χ3v) is 2.92. The van der Waals surface area contributed by atoms with Crippen molar-refractivity contribution in [2.45, 2.75) is 39.3 Å². The van der Waals surface area contributed by atoms with Crippen LogP contribution in [-0.2, 0) is 0 Å². The minimum absolute atomic E-state index is 0. The van der Waals surface area contributed by atoms with Gasteiger partial charge in [0.25, 0.3) is 0 Å². The molecule has 3 nitrogen and oxygen atoms in total. The Labute approximate surface area is 116 Å². The number of hydrogen-bond donors (Lipinski definition) is 2. The van der Waals surface area contributed by atoms with Crippen molar-refractivity contribution in [2.75, 3.05) is 13.1 Å². The zero-order chi connectivity index (χ0) is 13.1. The number of phenolic OH excluding ortho intramolecular Hbond substituents is 1. The highest BCUT2D eigenvalue weighted by Gasteiger charge is 2.21. The minimum atomic E-state index is -0.207. The van der Waals surface area contributed by atoms with E-state index >= 15 is 0 Å². The van der Waals surface area contributed by atoms with E-state index in [1.165, 1.54) is 0 Å². The lowest BCUT2D eigenvalue weighted by atomic mass is 10.0. The van der Waals surface area contributed by atoms with E-state index in [1.54, 1.807) is 6.07 Å². The van der Waals surface area contributed by atoms with E-state index in [0.717, 1.165) is 18.7 Å². The first kappa shape index (κ1) is 17.2. The molecule has 0 spiro atoms. The van der Waals surface area contributed by atoms with E-state index in [-0.39, 0.29) is 24.0 Å². The normalized spacial score (nSPS) is 13.2. The van der Waals surface area contributed by atoms with Crippen molar-refractivity contribution in [1.82, 2.24) is 4.90 Å². The van der Waals surface area contributed by atoms with Gasteiger partial charge in [-0.05, 0) is 45.0 Å². The van der Waals surface area contributed by atoms with Crippen LogP contribution < -0.4 is 5.73 Å². The number of nitrogens with zero attached hydrogens (tertiary/aromatic N) is 1. The van der Waals surface area contributed by atoms with Gasteiger partial charge in [0, 0.05) is 18.1 Å². The van der Waals surface area contributed by atoms with E-state index in [1.807, 2.05) is 32.0 Å².